The van der Waals surface area contributed by atoms with Crippen LogP contribution in [0.3, 0.4) is 0 Å². The monoisotopic (exact) mass is 678 g/mol. The van der Waals surface area contributed by atoms with Crippen molar-refractivity contribution in [2.75, 3.05) is 4.90 Å². The van der Waals surface area contributed by atoms with Crippen LogP contribution in [-0.2, 0) is 5.41 Å². The largest absolute Gasteiger partial charge is 0.454 e. The maximum absolute atomic E-state index is 6.78. The van der Waals surface area contributed by atoms with Crippen LogP contribution in [0.15, 0.2) is 192 Å². The van der Waals surface area contributed by atoms with Crippen LogP contribution in [0.4, 0.5) is 17.1 Å². The fourth-order valence-corrected chi connectivity index (χ4v) is 9.11. The molecule has 10 aromatic rings. The summed E-state index contributed by atoms with van der Waals surface area (Å²) in [7, 11) is 0. The Bertz CT molecular complexity index is 2990. The fraction of sp³-hybridized carbons (Fsp3) is 0.0400. The van der Waals surface area contributed by atoms with Gasteiger partial charge in [0.15, 0.2) is 5.58 Å². The maximum Gasteiger partial charge on any atom is 0.159 e. The predicted octanol–water partition coefficient (Wildman–Crippen LogP) is 13.5. The summed E-state index contributed by atoms with van der Waals surface area (Å²) in [5, 5.41) is 4.63. The van der Waals surface area contributed by atoms with Crippen molar-refractivity contribution in [1.29, 1.82) is 0 Å². The van der Waals surface area contributed by atoms with Gasteiger partial charge in [-0.05, 0) is 89.3 Å². The van der Waals surface area contributed by atoms with E-state index in [1.807, 2.05) is 6.07 Å². The van der Waals surface area contributed by atoms with Gasteiger partial charge in [0.1, 0.15) is 5.58 Å². The molecule has 0 fully saturated rings. The number of nitrogens with zero attached hydrogens (tertiary/aromatic N) is 2. The minimum atomic E-state index is -0.406. The Balaban J connectivity index is 1.23. The van der Waals surface area contributed by atoms with Crippen molar-refractivity contribution in [2.45, 2.75) is 12.3 Å². The first-order valence-corrected chi connectivity index (χ1v) is 18.3. The normalized spacial score (nSPS) is 13.2. The number of aromatic nitrogens is 1. The van der Waals surface area contributed by atoms with E-state index < -0.39 is 5.41 Å². The highest BCUT2D eigenvalue weighted by Crippen LogP contribution is 2.56. The van der Waals surface area contributed by atoms with E-state index in [1.54, 1.807) is 0 Å². The van der Waals surface area contributed by atoms with E-state index in [2.05, 4.69) is 198 Å². The van der Waals surface area contributed by atoms with E-state index in [0.29, 0.717) is 0 Å². The standard InChI is InChI=1S/C50H34N2O/c1-50(41-23-9-5-18-35(41)36-19-6-10-24-42(36)50)43-25-11-13-27-46(43)52(47-28-15-22-39-38-21-8-14-29-48(38)53-49(39)47)34-30-31-45-40(32-34)37-20-7-12-26-44(37)51(45)33-16-3-2-4-17-33/h2-32H,1H3. The minimum Gasteiger partial charge on any atom is -0.454 e. The van der Waals surface area contributed by atoms with Crippen LogP contribution in [-0.4, -0.2) is 4.57 Å². The number of benzene rings is 8. The summed E-state index contributed by atoms with van der Waals surface area (Å²) < 4.78 is 9.16. The van der Waals surface area contributed by atoms with E-state index in [9.17, 15) is 0 Å². The molecule has 8 aromatic carbocycles. The SMILES string of the molecule is CC1(c2ccccc2N(c2ccc3c(c2)c2ccccc2n3-c2ccccc2)c2cccc3c2oc2ccccc23)c2ccccc2-c2ccccc21. The molecule has 0 bridgehead atoms. The summed E-state index contributed by atoms with van der Waals surface area (Å²) in [6.45, 7) is 2.40. The van der Waals surface area contributed by atoms with Gasteiger partial charge in [-0.25, -0.2) is 0 Å². The van der Waals surface area contributed by atoms with Gasteiger partial charge in [0.2, 0.25) is 0 Å². The van der Waals surface area contributed by atoms with Gasteiger partial charge in [-0.15, -0.1) is 0 Å². The van der Waals surface area contributed by atoms with Crippen LogP contribution in [0.5, 0.6) is 0 Å². The molecule has 3 heteroatoms. The Kier molecular flexibility index (Phi) is 6.38. The molecule has 3 nitrogen and oxygen atoms in total. The molecule has 1 aliphatic carbocycles. The molecule has 0 radical (unpaired) electrons. The molecule has 53 heavy (non-hydrogen) atoms. The van der Waals surface area contributed by atoms with E-state index in [-0.39, 0.29) is 0 Å². The average Bonchev–Trinajstić information content (AvgIpc) is 3.86. The molecule has 11 rings (SSSR count). The first-order chi connectivity index (χ1) is 26.2. The summed E-state index contributed by atoms with van der Waals surface area (Å²) >= 11 is 0. The zero-order chi connectivity index (χ0) is 35.1. The van der Waals surface area contributed by atoms with Crippen LogP contribution < -0.4 is 4.90 Å². The second-order valence-electron chi connectivity index (χ2n) is 14.2. The lowest BCUT2D eigenvalue weighted by Crippen LogP contribution is -2.26. The van der Waals surface area contributed by atoms with Crippen molar-refractivity contribution in [2.24, 2.45) is 0 Å². The third-order valence-electron chi connectivity index (χ3n) is 11.5. The summed E-state index contributed by atoms with van der Waals surface area (Å²) in [5.41, 5.74) is 14.5. The molecule has 0 saturated heterocycles. The van der Waals surface area contributed by atoms with Crippen LogP contribution in [0.1, 0.15) is 23.6 Å². The fourth-order valence-electron chi connectivity index (χ4n) is 9.11. The lowest BCUT2D eigenvalue weighted by Gasteiger charge is -2.35. The summed E-state index contributed by atoms with van der Waals surface area (Å²) in [5.74, 6) is 0. The van der Waals surface area contributed by atoms with Crippen molar-refractivity contribution < 1.29 is 4.42 Å². The van der Waals surface area contributed by atoms with Gasteiger partial charge >= 0.3 is 0 Å². The predicted molar refractivity (Wildman–Crippen MR) is 220 cm³/mol. The van der Waals surface area contributed by atoms with Crippen LogP contribution in [0.2, 0.25) is 0 Å². The van der Waals surface area contributed by atoms with Gasteiger partial charge in [0, 0.05) is 38.3 Å². The number of hydrogen-bond donors (Lipinski definition) is 0. The topological polar surface area (TPSA) is 21.3 Å². The van der Waals surface area contributed by atoms with Gasteiger partial charge in [0.25, 0.3) is 0 Å². The zero-order valence-electron chi connectivity index (χ0n) is 29.2. The van der Waals surface area contributed by atoms with Gasteiger partial charge in [-0.2, -0.15) is 0 Å². The quantitative estimate of drug-likeness (QED) is 0.181. The number of rotatable bonds is 5. The molecule has 250 valence electrons. The van der Waals surface area contributed by atoms with Crippen LogP contribution >= 0.6 is 0 Å². The Labute approximate surface area is 307 Å². The highest BCUT2D eigenvalue weighted by Gasteiger charge is 2.42. The van der Waals surface area contributed by atoms with Gasteiger partial charge in [-0.3, -0.25) is 0 Å². The molecule has 0 unspecified atom stereocenters. The Morgan fingerprint density at radius 2 is 1.04 bits per heavy atom. The second kappa shape index (κ2) is 11.3. The molecule has 1 aliphatic rings. The van der Waals surface area contributed by atoms with Crippen molar-refractivity contribution >= 4 is 60.8 Å². The first-order valence-electron chi connectivity index (χ1n) is 18.3. The third-order valence-corrected chi connectivity index (χ3v) is 11.5. The van der Waals surface area contributed by atoms with Crippen molar-refractivity contribution in [1.82, 2.24) is 4.57 Å². The molecule has 2 heterocycles. The third kappa shape index (κ3) is 4.22. The molecule has 0 N–H and O–H groups in total. The van der Waals surface area contributed by atoms with E-state index >= 15 is 0 Å². The number of hydrogen-bond acceptors (Lipinski definition) is 2. The molecule has 0 atom stereocenters. The van der Waals surface area contributed by atoms with Crippen molar-refractivity contribution in [3.05, 3.63) is 205 Å². The van der Waals surface area contributed by atoms with E-state index in [0.717, 1.165) is 44.7 Å². The number of fused-ring (bicyclic) bond motifs is 9. The number of para-hydroxylation sites is 5. The molecule has 0 saturated carbocycles. The van der Waals surface area contributed by atoms with Gasteiger partial charge in [-0.1, -0.05) is 133 Å². The Morgan fingerprint density at radius 3 is 1.83 bits per heavy atom. The minimum absolute atomic E-state index is 0.406. The van der Waals surface area contributed by atoms with Crippen molar-refractivity contribution in [3.8, 4) is 16.8 Å². The van der Waals surface area contributed by atoms with E-state index in [1.165, 1.54) is 49.6 Å². The molecular weight excluding hydrogens is 645 g/mol. The smallest absolute Gasteiger partial charge is 0.159 e. The highest BCUT2D eigenvalue weighted by molar-refractivity contribution is 6.13. The maximum atomic E-state index is 6.78. The Morgan fingerprint density at radius 1 is 0.453 bits per heavy atom. The summed E-state index contributed by atoms with van der Waals surface area (Å²) in [6, 6.07) is 68.0. The summed E-state index contributed by atoms with van der Waals surface area (Å²) in [6.07, 6.45) is 0. The average molecular weight is 679 g/mol. The summed E-state index contributed by atoms with van der Waals surface area (Å²) in [4.78, 5) is 2.43. The molecule has 0 aliphatic heterocycles. The van der Waals surface area contributed by atoms with Crippen LogP contribution in [0.25, 0.3) is 60.6 Å². The molecule has 2 aromatic heterocycles. The Hall–Kier alpha value is -6.84. The molecular formula is C50H34N2O. The first kappa shape index (κ1) is 29.8. The van der Waals surface area contributed by atoms with Gasteiger partial charge < -0.3 is 13.9 Å². The second-order valence-corrected chi connectivity index (χ2v) is 14.2. The lowest BCUT2D eigenvalue weighted by molar-refractivity contribution is 0.668. The highest BCUT2D eigenvalue weighted by atomic mass is 16.3. The van der Waals surface area contributed by atoms with Crippen molar-refractivity contribution in [3.63, 3.8) is 0 Å². The number of furan rings is 1. The number of anilines is 3. The van der Waals surface area contributed by atoms with Gasteiger partial charge in [0.05, 0.1) is 22.4 Å². The van der Waals surface area contributed by atoms with Crippen LogP contribution in [0, 0.1) is 0 Å². The molecule has 0 spiro atoms. The van der Waals surface area contributed by atoms with E-state index in [4.69, 9.17) is 4.42 Å². The zero-order valence-corrected chi connectivity index (χ0v) is 29.2. The lowest BCUT2D eigenvalue weighted by atomic mass is 9.73. The molecule has 0 amide bonds.